The van der Waals surface area contributed by atoms with Gasteiger partial charge in [0.15, 0.2) is 0 Å². The molecule has 0 bridgehead atoms. The quantitative estimate of drug-likeness (QED) is 0.717. The van der Waals surface area contributed by atoms with E-state index in [1.54, 1.807) is 6.92 Å². The van der Waals surface area contributed by atoms with Crippen molar-refractivity contribution in [2.75, 3.05) is 23.0 Å². The summed E-state index contributed by atoms with van der Waals surface area (Å²) in [5.74, 6) is 3.47. The van der Waals surface area contributed by atoms with Crippen LogP contribution in [0.3, 0.4) is 0 Å². The number of Topliss-reactive ketones (excluding diaryl/α,β-unsaturated/α-hetero) is 1. The molecular weight excluding hydrogens is 256 g/mol. The van der Waals surface area contributed by atoms with Crippen LogP contribution in [-0.2, 0) is 14.6 Å². The Kier molecular flexibility index (Phi) is 6.55. The van der Waals surface area contributed by atoms with E-state index >= 15 is 0 Å². The molecule has 0 amide bonds. The topological polar surface area (TPSA) is 51.2 Å². The molecule has 1 aliphatic heterocycles. The van der Waals surface area contributed by atoms with E-state index in [4.69, 9.17) is 0 Å². The Bertz CT molecular complexity index is 330. The van der Waals surface area contributed by atoms with Crippen molar-refractivity contribution in [3.63, 3.8) is 0 Å². The van der Waals surface area contributed by atoms with E-state index in [-0.39, 0.29) is 17.3 Å². The summed E-state index contributed by atoms with van der Waals surface area (Å²) in [6.07, 6.45) is 3.87. The lowest BCUT2D eigenvalue weighted by molar-refractivity contribution is -0.120. The van der Waals surface area contributed by atoms with Gasteiger partial charge in [-0.3, -0.25) is 4.79 Å². The van der Waals surface area contributed by atoms with Crippen molar-refractivity contribution in [3.8, 4) is 0 Å². The van der Waals surface area contributed by atoms with Gasteiger partial charge in [0.05, 0.1) is 5.75 Å². The summed E-state index contributed by atoms with van der Waals surface area (Å²) in [5, 5.41) is 0. The highest BCUT2D eigenvalue weighted by atomic mass is 32.2. The first-order valence-corrected chi connectivity index (χ1v) is 9.31. The predicted octanol–water partition coefficient (Wildman–Crippen LogP) is 2.30. The summed E-state index contributed by atoms with van der Waals surface area (Å²) in [6, 6.07) is 0. The van der Waals surface area contributed by atoms with Crippen molar-refractivity contribution in [2.24, 2.45) is 5.92 Å². The third-order valence-electron chi connectivity index (χ3n) is 3.21. The number of hydrogen-bond acceptors (Lipinski definition) is 4. The minimum Gasteiger partial charge on any atom is -0.300 e. The summed E-state index contributed by atoms with van der Waals surface area (Å²) in [6.45, 7) is 1.65. The Morgan fingerprint density at radius 1 is 1.29 bits per heavy atom. The van der Waals surface area contributed by atoms with E-state index in [0.29, 0.717) is 25.2 Å². The molecule has 0 aromatic heterocycles. The molecule has 0 saturated carbocycles. The van der Waals surface area contributed by atoms with Crippen LogP contribution < -0.4 is 0 Å². The van der Waals surface area contributed by atoms with Gasteiger partial charge in [-0.05, 0) is 36.7 Å². The Morgan fingerprint density at radius 2 is 1.94 bits per heavy atom. The van der Waals surface area contributed by atoms with E-state index in [9.17, 15) is 13.2 Å². The van der Waals surface area contributed by atoms with Crippen LogP contribution in [0.4, 0.5) is 0 Å². The highest BCUT2D eigenvalue weighted by Crippen LogP contribution is 2.25. The fraction of sp³-hybridized carbons (Fsp3) is 0.917. The molecule has 0 radical (unpaired) electrons. The molecule has 0 aliphatic carbocycles. The number of carbonyl (C=O) groups is 1. The van der Waals surface area contributed by atoms with Crippen molar-refractivity contribution in [1.29, 1.82) is 0 Å². The first-order chi connectivity index (χ1) is 8.03. The Labute approximate surface area is 109 Å². The maximum Gasteiger partial charge on any atom is 0.150 e. The van der Waals surface area contributed by atoms with Gasteiger partial charge in [0.1, 0.15) is 15.6 Å². The number of ketones is 1. The average Bonchev–Trinajstić information content (AvgIpc) is 2.30. The molecule has 17 heavy (non-hydrogen) atoms. The average molecular weight is 278 g/mol. The molecule has 1 fully saturated rings. The molecule has 3 nitrogen and oxygen atoms in total. The Morgan fingerprint density at radius 3 is 2.53 bits per heavy atom. The highest BCUT2D eigenvalue weighted by molar-refractivity contribution is 7.99. The molecule has 1 rings (SSSR count). The first kappa shape index (κ1) is 15.0. The molecule has 1 heterocycles. The summed E-state index contributed by atoms with van der Waals surface area (Å²) < 4.78 is 22.5. The molecule has 0 spiro atoms. The van der Waals surface area contributed by atoms with E-state index < -0.39 is 9.84 Å². The van der Waals surface area contributed by atoms with Crippen molar-refractivity contribution in [3.05, 3.63) is 0 Å². The lowest BCUT2D eigenvalue weighted by Crippen LogP contribution is -2.15. The molecule has 5 heteroatoms. The minimum atomic E-state index is -2.90. The van der Waals surface area contributed by atoms with Gasteiger partial charge in [-0.2, -0.15) is 11.8 Å². The highest BCUT2D eigenvalue weighted by Gasteiger charge is 2.17. The number of sulfone groups is 1. The van der Waals surface area contributed by atoms with Crippen LogP contribution >= 0.6 is 11.8 Å². The number of carbonyl (C=O) groups excluding carboxylic acids is 1. The van der Waals surface area contributed by atoms with E-state index in [1.807, 2.05) is 11.8 Å². The predicted molar refractivity (Wildman–Crippen MR) is 73.2 cm³/mol. The van der Waals surface area contributed by atoms with Crippen LogP contribution in [0.1, 0.15) is 39.0 Å². The third-order valence-corrected chi connectivity index (χ3v) is 6.05. The van der Waals surface area contributed by atoms with Gasteiger partial charge in [-0.15, -0.1) is 0 Å². The summed E-state index contributed by atoms with van der Waals surface area (Å²) in [7, 11) is -2.90. The van der Waals surface area contributed by atoms with Crippen molar-refractivity contribution in [1.82, 2.24) is 0 Å². The summed E-state index contributed by atoms with van der Waals surface area (Å²) in [5.41, 5.74) is 0. The van der Waals surface area contributed by atoms with Gasteiger partial charge in [0.25, 0.3) is 0 Å². The van der Waals surface area contributed by atoms with Gasteiger partial charge in [-0.1, -0.05) is 6.92 Å². The monoisotopic (exact) mass is 278 g/mol. The molecular formula is C12H22O3S2. The number of hydrogen-bond donors (Lipinski definition) is 0. The van der Waals surface area contributed by atoms with Crippen molar-refractivity contribution < 1.29 is 13.2 Å². The lowest BCUT2D eigenvalue weighted by Gasteiger charge is -2.20. The van der Waals surface area contributed by atoms with Crippen LogP contribution in [0.15, 0.2) is 0 Å². The second kappa shape index (κ2) is 7.41. The maximum absolute atomic E-state index is 11.7. The van der Waals surface area contributed by atoms with Gasteiger partial charge >= 0.3 is 0 Å². The summed E-state index contributed by atoms with van der Waals surface area (Å²) in [4.78, 5) is 11.7. The van der Waals surface area contributed by atoms with Gasteiger partial charge in [0, 0.05) is 18.6 Å². The Balaban J connectivity index is 2.16. The normalized spacial score (nSPS) is 18.2. The van der Waals surface area contributed by atoms with Crippen LogP contribution in [0.5, 0.6) is 0 Å². The Hall–Kier alpha value is -0.0300. The van der Waals surface area contributed by atoms with Crippen molar-refractivity contribution in [2.45, 2.75) is 39.0 Å². The van der Waals surface area contributed by atoms with Crippen LogP contribution in [0.2, 0.25) is 0 Å². The standard InChI is InChI=1S/C12H22O3S2/c1-2-17(14,15)9-3-4-12(13)10-11-5-7-16-8-6-11/h11H,2-10H2,1H3. The molecule has 0 unspecified atom stereocenters. The zero-order chi connectivity index (χ0) is 12.7. The SMILES string of the molecule is CCS(=O)(=O)CCCC(=O)CC1CCSCC1. The molecule has 0 N–H and O–H groups in total. The largest absolute Gasteiger partial charge is 0.300 e. The van der Waals surface area contributed by atoms with Crippen LogP contribution in [-0.4, -0.2) is 37.2 Å². The zero-order valence-electron chi connectivity index (χ0n) is 10.5. The molecule has 1 aliphatic rings. The molecule has 0 atom stereocenters. The third kappa shape index (κ3) is 6.46. The first-order valence-electron chi connectivity index (χ1n) is 6.33. The fourth-order valence-electron chi connectivity index (χ4n) is 2.01. The number of thioether (sulfide) groups is 1. The molecule has 100 valence electrons. The maximum atomic E-state index is 11.7. The minimum absolute atomic E-state index is 0.162. The van der Waals surface area contributed by atoms with E-state index in [1.165, 1.54) is 11.5 Å². The second-order valence-electron chi connectivity index (χ2n) is 4.64. The van der Waals surface area contributed by atoms with Crippen LogP contribution in [0.25, 0.3) is 0 Å². The van der Waals surface area contributed by atoms with Gasteiger partial charge in [0.2, 0.25) is 0 Å². The molecule has 0 aromatic rings. The fourth-order valence-corrected chi connectivity index (χ4v) is 4.09. The lowest BCUT2D eigenvalue weighted by atomic mass is 9.95. The molecule has 0 aromatic carbocycles. The molecule has 1 saturated heterocycles. The van der Waals surface area contributed by atoms with Crippen LogP contribution in [0, 0.1) is 5.92 Å². The van der Waals surface area contributed by atoms with Crippen molar-refractivity contribution >= 4 is 27.4 Å². The van der Waals surface area contributed by atoms with E-state index in [0.717, 1.165) is 12.8 Å². The smallest absolute Gasteiger partial charge is 0.150 e. The zero-order valence-corrected chi connectivity index (χ0v) is 12.1. The second-order valence-corrected chi connectivity index (χ2v) is 8.34. The summed E-state index contributed by atoms with van der Waals surface area (Å²) >= 11 is 1.96. The van der Waals surface area contributed by atoms with E-state index in [2.05, 4.69) is 0 Å². The number of rotatable bonds is 7. The van der Waals surface area contributed by atoms with Gasteiger partial charge < -0.3 is 0 Å². The van der Waals surface area contributed by atoms with Gasteiger partial charge in [-0.25, -0.2) is 8.42 Å².